The van der Waals surface area contributed by atoms with Crippen molar-refractivity contribution < 1.29 is 5.11 Å². The van der Waals surface area contributed by atoms with Crippen LogP contribution in [0.1, 0.15) is 5.56 Å². The van der Waals surface area contributed by atoms with Gasteiger partial charge in [-0.05, 0) is 18.6 Å². The van der Waals surface area contributed by atoms with Crippen molar-refractivity contribution in [1.29, 1.82) is 0 Å². The van der Waals surface area contributed by atoms with Gasteiger partial charge in [-0.3, -0.25) is 9.36 Å². The zero-order chi connectivity index (χ0) is 11.7. The first-order valence-corrected chi connectivity index (χ1v) is 4.98. The number of rotatable bonds is 2. The predicted molar refractivity (Wildman–Crippen MR) is 60.7 cm³/mol. The van der Waals surface area contributed by atoms with Gasteiger partial charge in [0.15, 0.2) is 0 Å². The largest absolute Gasteiger partial charge is 0.395 e. The fraction of sp³-hybridized carbons (Fsp3) is 0.273. The van der Waals surface area contributed by atoms with Crippen molar-refractivity contribution >= 4 is 10.9 Å². The number of para-hydroxylation sites is 1. The Morgan fingerprint density at radius 1 is 1.38 bits per heavy atom. The number of aromatic nitrogens is 2. The van der Waals surface area contributed by atoms with Crippen LogP contribution in [0.5, 0.6) is 0 Å². The van der Waals surface area contributed by atoms with Crippen LogP contribution in [0.15, 0.2) is 27.8 Å². The molecular formula is C11H12N2O3. The van der Waals surface area contributed by atoms with Gasteiger partial charge in [-0.25, -0.2) is 4.79 Å². The van der Waals surface area contributed by atoms with Crippen LogP contribution in [0.4, 0.5) is 0 Å². The Labute approximate surface area is 91.0 Å². The van der Waals surface area contributed by atoms with Crippen LogP contribution in [0.25, 0.3) is 10.9 Å². The van der Waals surface area contributed by atoms with E-state index in [1.54, 1.807) is 12.1 Å². The first kappa shape index (κ1) is 10.6. The van der Waals surface area contributed by atoms with Crippen molar-refractivity contribution in [3.8, 4) is 0 Å². The third-order valence-corrected chi connectivity index (χ3v) is 2.55. The summed E-state index contributed by atoms with van der Waals surface area (Å²) in [5.74, 6) is 0. The number of H-pyrrole nitrogens is 1. The Kier molecular flexibility index (Phi) is 2.62. The molecule has 0 atom stereocenters. The Balaban J connectivity index is 2.90. The van der Waals surface area contributed by atoms with Crippen molar-refractivity contribution in [2.45, 2.75) is 13.5 Å². The number of nitrogens with one attached hydrogen (secondary N) is 1. The number of hydrogen-bond acceptors (Lipinski definition) is 3. The van der Waals surface area contributed by atoms with Gasteiger partial charge in [-0.15, -0.1) is 0 Å². The standard InChI is InChI=1S/C11H12N2O3/c1-7-3-2-4-8-9(7)12-11(16)13(5-6-14)10(8)15/h2-4,14H,5-6H2,1H3,(H,12,16). The zero-order valence-electron chi connectivity index (χ0n) is 8.86. The second kappa shape index (κ2) is 3.94. The summed E-state index contributed by atoms with van der Waals surface area (Å²) in [5, 5.41) is 9.25. The molecule has 16 heavy (non-hydrogen) atoms. The fourth-order valence-electron chi connectivity index (χ4n) is 1.73. The van der Waals surface area contributed by atoms with Gasteiger partial charge in [0.2, 0.25) is 0 Å². The highest BCUT2D eigenvalue weighted by Gasteiger charge is 2.07. The maximum Gasteiger partial charge on any atom is 0.328 e. The Bertz CT molecular complexity index is 640. The summed E-state index contributed by atoms with van der Waals surface area (Å²) >= 11 is 0. The molecule has 5 nitrogen and oxygen atoms in total. The molecule has 1 heterocycles. The van der Waals surface area contributed by atoms with Crippen LogP contribution in [-0.2, 0) is 6.54 Å². The lowest BCUT2D eigenvalue weighted by Gasteiger charge is -2.05. The van der Waals surface area contributed by atoms with Crippen molar-refractivity contribution in [3.63, 3.8) is 0 Å². The van der Waals surface area contributed by atoms with E-state index in [0.29, 0.717) is 10.9 Å². The number of aliphatic hydroxyl groups is 1. The van der Waals surface area contributed by atoms with E-state index >= 15 is 0 Å². The lowest BCUT2D eigenvalue weighted by molar-refractivity contribution is 0.272. The van der Waals surface area contributed by atoms with Crippen LogP contribution in [0.2, 0.25) is 0 Å². The van der Waals surface area contributed by atoms with Crippen LogP contribution in [-0.4, -0.2) is 21.3 Å². The van der Waals surface area contributed by atoms with Crippen molar-refractivity contribution in [1.82, 2.24) is 9.55 Å². The molecule has 2 aromatic rings. The number of benzene rings is 1. The average molecular weight is 220 g/mol. The second-order valence-corrected chi connectivity index (χ2v) is 3.61. The molecule has 0 saturated heterocycles. The van der Waals surface area contributed by atoms with E-state index in [2.05, 4.69) is 4.98 Å². The molecule has 0 bridgehead atoms. The van der Waals surface area contributed by atoms with Gasteiger partial charge in [-0.1, -0.05) is 12.1 Å². The number of aryl methyl sites for hydroxylation is 1. The highest BCUT2D eigenvalue weighted by Crippen LogP contribution is 2.09. The number of nitrogens with zero attached hydrogens (tertiary/aromatic N) is 1. The summed E-state index contributed by atoms with van der Waals surface area (Å²) in [6.45, 7) is 1.60. The molecule has 5 heteroatoms. The van der Waals surface area contributed by atoms with Gasteiger partial charge in [0.05, 0.1) is 24.1 Å². The molecule has 0 aliphatic carbocycles. The van der Waals surface area contributed by atoms with Gasteiger partial charge in [0.1, 0.15) is 0 Å². The van der Waals surface area contributed by atoms with Crippen LogP contribution in [0, 0.1) is 6.92 Å². The van der Waals surface area contributed by atoms with E-state index in [4.69, 9.17) is 5.11 Å². The molecule has 0 radical (unpaired) electrons. The molecule has 0 amide bonds. The summed E-state index contributed by atoms with van der Waals surface area (Å²) in [7, 11) is 0. The van der Waals surface area contributed by atoms with E-state index in [0.717, 1.165) is 10.1 Å². The third kappa shape index (κ3) is 1.55. The van der Waals surface area contributed by atoms with Gasteiger partial charge in [-0.2, -0.15) is 0 Å². The molecule has 2 rings (SSSR count). The number of fused-ring (bicyclic) bond motifs is 1. The third-order valence-electron chi connectivity index (χ3n) is 2.55. The minimum absolute atomic E-state index is 0.0120. The van der Waals surface area contributed by atoms with Crippen molar-refractivity contribution in [3.05, 3.63) is 44.6 Å². The molecule has 1 aromatic heterocycles. The molecule has 0 unspecified atom stereocenters. The quantitative estimate of drug-likeness (QED) is 0.747. The summed E-state index contributed by atoms with van der Waals surface area (Å²) < 4.78 is 1.00. The van der Waals surface area contributed by atoms with E-state index in [1.165, 1.54) is 0 Å². The highest BCUT2D eigenvalue weighted by molar-refractivity contribution is 5.80. The molecule has 84 valence electrons. The number of aliphatic hydroxyl groups excluding tert-OH is 1. The maximum atomic E-state index is 11.9. The van der Waals surface area contributed by atoms with Gasteiger partial charge < -0.3 is 10.1 Å². The molecule has 0 spiro atoms. The van der Waals surface area contributed by atoms with Crippen molar-refractivity contribution in [2.75, 3.05) is 6.61 Å². The first-order valence-electron chi connectivity index (χ1n) is 4.98. The molecule has 0 fully saturated rings. The van der Waals surface area contributed by atoms with Crippen LogP contribution >= 0.6 is 0 Å². The minimum atomic E-state index is -0.485. The molecule has 0 saturated carbocycles. The topological polar surface area (TPSA) is 75.1 Å². The van der Waals surface area contributed by atoms with Gasteiger partial charge in [0.25, 0.3) is 5.56 Å². The SMILES string of the molecule is Cc1cccc2c(=O)n(CCO)c(=O)[nH]c12. The number of hydrogen-bond donors (Lipinski definition) is 2. The monoisotopic (exact) mass is 220 g/mol. The van der Waals surface area contributed by atoms with Gasteiger partial charge in [0, 0.05) is 0 Å². The lowest BCUT2D eigenvalue weighted by atomic mass is 10.1. The Morgan fingerprint density at radius 2 is 2.12 bits per heavy atom. The molecular weight excluding hydrogens is 208 g/mol. The Hall–Kier alpha value is -1.88. The van der Waals surface area contributed by atoms with E-state index in [9.17, 15) is 9.59 Å². The molecule has 2 N–H and O–H groups in total. The van der Waals surface area contributed by atoms with Gasteiger partial charge >= 0.3 is 5.69 Å². The molecule has 1 aromatic carbocycles. The normalized spacial score (nSPS) is 10.9. The second-order valence-electron chi connectivity index (χ2n) is 3.61. The average Bonchev–Trinajstić information content (AvgIpc) is 2.26. The van der Waals surface area contributed by atoms with E-state index in [1.807, 2.05) is 13.0 Å². The smallest absolute Gasteiger partial charge is 0.328 e. The molecule has 0 aliphatic rings. The van der Waals surface area contributed by atoms with E-state index in [-0.39, 0.29) is 18.7 Å². The highest BCUT2D eigenvalue weighted by atomic mass is 16.3. The molecule has 0 aliphatic heterocycles. The summed E-state index contributed by atoms with van der Waals surface area (Å²) in [5.41, 5.74) is 0.562. The predicted octanol–water partition coefficient (Wildman–Crippen LogP) is -0.00948. The van der Waals surface area contributed by atoms with Crippen molar-refractivity contribution in [2.24, 2.45) is 0 Å². The van der Waals surface area contributed by atoms with Crippen LogP contribution < -0.4 is 11.2 Å². The fourth-order valence-corrected chi connectivity index (χ4v) is 1.73. The zero-order valence-corrected chi connectivity index (χ0v) is 8.86. The Morgan fingerprint density at radius 3 is 2.81 bits per heavy atom. The minimum Gasteiger partial charge on any atom is -0.395 e. The summed E-state index contributed by atoms with van der Waals surface area (Å²) in [6, 6.07) is 5.25. The summed E-state index contributed by atoms with van der Waals surface area (Å²) in [6.07, 6.45) is 0. The first-order chi connectivity index (χ1) is 7.65. The maximum absolute atomic E-state index is 11.9. The van der Waals surface area contributed by atoms with E-state index < -0.39 is 5.69 Å². The number of aromatic amines is 1. The summed E-state index contributed by atoms with van der Waals surface area (Å²) in [4.78, 5) is 26.2. The van der Waals surface area contributed by atoms with Crippen LogP contribution in [0.3, 0.4) is 0 Å². The lowest BCUT2D eigenvalue weighted by Crippen LogP contribution is -2.36.